The van der Waals surface area contributed by atoms with Gasteiger partial charge in [-0.1, -0.05) is 154 Å². The monoisotopic (exact) mass is 757 g/mol. The summed E-state index contributed by atoms with van der Waals surface area (Å²) < 4.78 is 32.6. The van der Waals surface area contributed by atoms with Crippen molar-refractivity contribution in [2.24, 2.45) is 0 Å². The molecule has 0 fully saturated rings. The molecule has 0 saturated heterocycles. The Morgan fingerprint density at radius 1 is 0.500 bits per heavy atom. The molecule has 52 heavy (non-hydrogen) atoms. The van der Waals surface area contributed by atoms with E-state index in [4.69, 9.17) is 18.5 Å². The van der Waals surface area contributed by atoms with E-state index in [9.17, 15) is 19.0 Å². The number of carbonyl (C=O) groups is 2. The van der Waals surface area contributed by atoms with Gasteiger partial charge < -0.3 is 14.4 Å². The van der Waals surface area contributed by atoms with Gasteiger partial charge in [0.1, 0.15) is 6.61 Å². The Morgan fingerprint density at radius 3 is 1.27 bits per heavy atom. The molecule has 0 amide bonds. The van der Waals surface area contributed by atoms with Crippen LogP contribution >= 0.6 is 7.82 Å². The fraction of sp³-hybridized carbons (Fsp3) is 0.860. The average Bonchev–Trinajstić information content (AvgIpc) is 3.12. The highest BCUT2D eigenvalue weighted by Gasteiger charge is 2.25. The first kappa shape index (κ1) is 50.5. The second-order valence-electron chi connectivity index (χ2n) is 14.4. The van der Waals surface area contributed by atoms with Crippen molar-refractivity contribution in [1.29, 1.82) is 0 Å². The van der Waals surface area contributed by atoms with Crippen LogP contribution < -0.4 is 0 Å². The van der Waals surface area contributed by atoms with Crippen molar-refractivity contribution in [3.63, 3.8) is 0 Å². The summed E-state index contributed by atoms with van der Waals surface area (Å²) in [4.78, 5) is 34.7. The van der Waals surface area contributed by atoms with Crippen molar-refractivity contribution in [2.75, 3.05) is 19.8 Å². The molecule has 0 aliphatic heterocycles. The van der Waals surface area contributed by atoms with Gasteiger partial charge in [-0.2, -0.15) is 0 Å². The molecular weight excluding hydrogens is 675 g/mol. The maximum Gasteiger partial charge on any atom is 0.472 e. The molecule has 8 nitrogen and oxygen atoms in total. The van der Waals surface area contributed by atoms with Gasteiger partial charge in [-0.3, -0.25) is 18.6 Å². The first-order chi connectivity index (χ1) is 25.3. The van der Waals surface area contributed by atoms with E-state index in [1.807, 2.05) is 0 Å². The average molecular weight is 757 g/mol. The zero-order valence-corrected chi connectivity index (χ0v) is 34.9. The number of carbonyl (C=O) groups excluding carboxylic acids is 2. The lowest BCUT2D eigenvalue weighted by Crippen LogP contribution is -2.29. The Labute approximate surface area is 320 Å². The van der Waals surface area contributed by atoms with Crippen molar-refractivity contribution in [3.05, 3.63) is 24.3 Å². The van der Waals surface area contributed by atoms with E-state index in [-0.39, 0.29) is 32.0 Å². The van der Waals surface area contributed by atoms with Gasteiger partial charge in [0.25, 0.3) is 0 Å². The molecule has 0 heterocycles. The van der Waals surface area contributed by atoms with Gasteiger partial charge in [-0.05, 0) is 71.1 Å². The van der Waals surface area contributed by atoms with Crippen LogP contribution in [0.3, 0.4) is 0 Å². The summed E-state index contributed by atoms with van der Waals surface area (Å²) in [5.41, 5.74) is 0. The molecule has 0 aromatic heterocycles. The molecule has 0 aliphatic rings. The van der Waals surface area contributed by atoms with Crippen LogP contribution in [0.1, 0.15) is 213 Å². The number of esters is 2. The SMILES string of the molecule is CCCCCCCCC/C=C\CCCCCCCC(=O)OCC(COP(=O)(O)OCC)OC(=O)CCCCCCC/C=C\CCCCCCCCC. The quantitative estimate of drug-likeness (QED) is 0.0285. The van der Waals surface area contributed by atoms with E-state index in [0.717, 1.165) is 64.2 Å². The number of rotatable bonds is 40. The number of unbranched alkanes of at least 4 members (excludes halogenated alkanes) is 24. The van der Waals surface area contributed by atoms with Crippen LogP contribution in [0.15, 0.2) is 24.3 Å². The van der Waals surface area contributed by atoms with E-state index in [1.165, 1.54) is 109 Å². The van der Waals surface area contributed by atoms with Gasteiger partial charge >= 0.3 is 19.8 Å². The van der Waals surface area contributed by atoms with Crippen LogP contribution in [0.5, 0.6) is 0 Å². The predicted molar refractivity (Wildman–Crippen MR) is 216 cm³/mol. The Balaban J connectivity index is 4.10. The van der Waals surface area contributed by atoms with E-state index in [2.05, 4.69) is 38.2 Å². The standard InChI is InChI=1S/C43H81O8P/c1-4-7-9-11-13-15-17-19-21-23-25-27-29-31-33-35-37-42(44)48-39-41(40-50-52(46,47)49-6-3)51-43(45)38-36-34-32-30-28-26-24-22-20-18-16-14-12-10-8-5-2/h21-24,41H,4-20,25-40H2,1-3H3,(H,46,47)/b23-21-,24-22-. The summed E-state index contributed by atoms with van der Waals surface area (Å²) >= 11 is 0. The number of hydrogen-bond donors (Lipinski definition) is 1. The lowest BCUT2D eigenvalue weighted by Gasteiger charge is -2.19. The minimum absolute atomic E-state index is 0.00122. The van der Waals surface area contributed by atoms with Crippen molar-refractivity contribution >= 4 is 19.8 Å². The molecule has 0 spiro atoms. The van der Waals surface area contributed by atoms with E-state index in [0.29, 0.717) is 6.42 Å². The molecule has 306 valence electrons. The minimum Gasteiger partial charge on any atom is -0.462 e. The fourth-order valence-corrected chi connectivity index (χ4v) is 6.79. The molecule has 9 heteroatoms. The number of ether oxygens (including phenoxy) is 2. The summed E-state index contributed by atoms with van der Waals surface area (Å²) in [7, 11) is -4.28. The second-order valence-corrected chi connectivity index (χ2v) is 15.8. The lowest BCUT2D eigenvalue weighted by molar-refractivity contribution is -0.161. The largest absolute Gasteiger partial charge is 0.472 e. The van der Waals surface area contributed by atoms with Crippen LogP contribution in [0.25, 0.3) is 0 Å². The van der Waals surface area contributed by atoms with Gasteiger partial charge in [0.2, 0.25) is 0 Å². The number of hydrogen-bond acceptors (Lipinski definition) is 7. The van der Waals surface area contributed by atoms with Crippen molar-refractivity contribution in [2.45, 2.75) is 219 Å². The first-order valence-electron chi connectivity index (χ1n) is 21.6. The highest BCUT2D eigenvalue weighted by atomic mass is 31.2. The van der Waals surface area contributed by atoms with Gasteiger partial charge in [0.15, 0.2) is 6.10 Å². The molecule has 2 unspecified atom stereocenters. The number of phosphoric acid groups is 1. The van der Waals surface area contributed by atoms with Crippen LogP contribution in [0.4, 0.5) is 0 Å². The smallest absolute Gasteiger partial charge is 0.462 e. The molecule has 1 N–H and O–H groups in total. The zero-order valence-electron chi connectivity index (χ0n) is 34.0. The summed E-state index contributed by atoms with van der Waals surface area (Å²) in [6.07, 6.45) is 42.3. The number of phosphoric ester groups is 1. The molecule has 0 aromatic carbocycles. The molecule has 2 atom stereocenters. The van der Waals surface area contributed by atoms with Crippen LogP contribution in [-0.4, -0.2) is 42.8 Å². The first-order valence-corrected chi connectivity index (χ1v) is 23.1. The third kappa shape index (κ3) is 38.3. The van der Waals surface area contributed by atoms with Gasteiger partial charge in [0, 0.05) is 12.8 Å². The zero-order chi connectivity index (χ0) is 38.2. The molecule has 0 aliphatic carbocycles. The van der Waals surface area contributed by atoms with Crippen LogP contribution in [0, 0.1) is 0 Å². The summed E-state index contributed by atoms with van der Waals surface area (Å²) in [5, 5.41) is 0. The molecule has 0 saturated carbocycles. The van der Waals surface area contributed by atoms with E-state index < -0.39 is 26.5 Å². The highest BCUT2D eigenvalue weighted by molar-refractivity contribution is 7.47. The van der Waals surface area contributed by atoms with Crippen LogP contribution in [-0.2, 0) is 32.7 Å². The molecule has 0 bridgehead atoms. The Kier molecular flexibility index (Phi) is 38.1. The Morgan fingerprint density at radius 2 is 0.865 bits per heavy atom. The van der Waals surface area contributed by atoms with Crippen molar-refractivity contribution in [3.8, 4) is 0 Å². The maximum absolute atomic E-state index is 12.5. The fourth-order valence-electron chi connectivity index (χ4n) is 6.03. The normalized spacial score (nSPS) is 13.5. The maximum atomic E-state index is 12.5. The molecular formula is C43H81O8P. The van der Waals surface area contributed by atoms with Gasteiger partial charge in [0.05, 0.1) is 13.2 Å². The van der Waals surface area contributed by atoms with Gasteiger partial charge in [-0.25, -0.2) is 4.57 Å². The lowest BCUT2D eigenvalue weighted by atomic mass is 10.1. The molecule has 0 rings (SSSR count). The third-order valence-corrected chi connectivity index (χ3v) is 10.3. The van der Waals surface area contributed by atoms with E-state index in [1.54, 1.807) is 6.92 Å². The van der Waals surface area contributed by atoms with E-state index >= 15 is 0 Å². The Bertz CT molecular complexity index is 906. The third-order valence-electron chi connectivity index (χ3n) is 9.23. The highest BCUT2D eigenvalue weighted by Crippen LogP contribution is 2.43. The van der Waals surface area contributed by atoms with Crippen molar-refractivity contribution in [1.82, 2.24) is 0 Å². The summed E-state index contributed by atoms with van der Waals surface area (Å²) in [6, 6.07) is 0. The minimum atomic E-state index is -4.28. The van der Waals surface area contributed by atoms with Crippen molar-refractivity contribution < 1.29 is 37.6 Å². The topological polar surface area (TPSA) is 108 Å². The van der Waals surface area contributed by atoms with Gasteiger partial charge in [-0.15, -0.1) is 0 Å². The predicted octanol–water partition coefficient (Wildman–Crippen LogP) is 13.5. The van der Waals surface area contributed by atoms with Crippen LogP contribution in [0.2, 0.25) is 0 Å². The molecule has 0 radical (unpaired) electrons. The Hall–Kier alpha value is -1.47. The summed E-state index contributed by atoms with van der Waals surface area (Å²) in [6.45, 7) is 5.47. The summed E-state index contributed by atoms with van der Waals surface area (Å²) in [5.74, 6) is -0.811. The number of allylic oxidation sites excluding steroid dienone is 4. The second kappa shape index (κ2) is 39.2. The molecule has 0 aromatic rings.